The third-order valence-corrected chi connectivity index (χ3v) is 5.42. The molecule has 3 heterocycles. The maximum Gasteiger partial charge on any atom is 0.232 e. The molecule has 1 aliphatic heterocycles. The lowest BCUT2D eigenvalue weighted by atomic mass is 10.1. The van der Waals surface area contributed by atoms with E-state index in [0.29, 0.717) is 31.2 Å². The fraction of sp³-hybridized carbons (Fsp3) is 0.316. The first-order valence-corrected chi connectivity index (χ1v) is 9.34. The summed E-state index contributed by atoms with van der Waals surface area (Å²) in [6.07, 6.45) is 1.45. The van der Waals surface area contributed by atoms with E-state index >= 15 is 0 Å². The van der Waals surface area contributed by atoms with Gasteiger partial charge in [-0.15, -0.1) is 11.3 Å². The van der Waals surface area contributed by atoms with Gasteiger partial charge in [0.2, 0.25) is 17.6 Å². The summed E-state index contributed by atoms with van der Waals surface area (Å²) in [7, 11) is 0. The van der Waals surface area contributed by atoms with Gasteiger partial charge in [-0.3, -0.25) is 4.79 Å². The minimum Gasteiger partial charge on any atom is -0.339 e. The van der Waals surface area contributed by atoms with Crippen LogP contribution >= 0.6 is 11.3 Å². The zero-order valence-corrected chi connectivity index (χ0v) is 14.8. The zero-order valence-electron chi connectivity index (χ0n) is 14.0. The topological polar surface area (TPSA) is 59.2 Å². The van der Waals surface area contributed by atoms with E-state index in [1.807, 2.05) is 22.4 Å². The second kappa shape index (κ2) is 6.80. The van der Waals surface area contributed by atoms with Crippen LogP contribution in [0.4, 0.5) is 0 Å². The fourth-order valence-electron chi connectivity index (χ4n) is 3.10. The van der Waals surface area contributed by atoms with Crippen LogP contribution in [0, 0.1) is 0 Å². The minimum absolute atomic E-state index is 0.0244. The van der Waals surface area contributed by atoms with Gasteiger partial charge in [-0.2, -0.15) is 4.98 Å². The predicted molar refractivity (Wildman–Crippen MR) is 96.2 cm³/mol. The largest absolute Gasteiger partial charge is 0.339 e. The van der Waals surface area contributed by atoms with Crippen molar-refractivity contribution in [3.8, 4) is 10.7 Å². The fourth-order valence-corrected chi connectivity index (χ4v) is 3.75. The maximum atomic E-state index is 12.4. The molecule has 128 valence electrons. The summed E-state index contributed by atoms with van der Waals surface area (Å²) in [5, 5.41) is 6.03. The molecule has 1 aliphatic rings. The second-order valence-electron chi connectivity index (χ2n) is 6.28. The molecule has 0 N–H and O–H groups in total. The Kier molecular flexibility index (Phi) is 4.36. The second-order valence-corrected chi connectivity index (χ2v) is 7.23. The molecule has 0 saturated carbocycles. The van der Waals surface area contributed by atoms with Crippen molar-refractivity contribution in [2.45, 2.75) is 32.2 Å². The van der Waals surface area contributed by atoms with Crippen LogP contribution in [0.1, 0.15) is 36.3 Å². The molecule has 0 radical (unpaired) electrons. The predicted octanol–water partition coefficient (Wildman–Crippen LogP) is 3.88. The molecule has 1 amide bonds. The Bertz CT molecular complexity index is 855. The van der Waals surface area contributed by atoms with E-state index in [1.165, 1.54) is 5.56 Å². The molecule has 6 heteroatoms. The lowest BCUT2D eigenvalue weighted by Gasteiger charge is -2.16. The number of carbonyl (C=O) groups is 1. The molecule has 1 aromatic carbocycles. The molecule has 25 heavy (non-hydrogen) atoms. The van der Waals surface area contributed by atoms with Gasteiger partial charge < -0.3 is 9.42 Å². The van der Waals surface area contributed by atoms with Crippen LogP contribution in [0.5, 0.6) is 0 Å². The van der Waals surface area contributed by atoms with Gasteiger partial charge in [0.1, 0.15) is 0 Å². The van der Waals surface area contributed by atoms with Crippen molar-refractivity contribution in [3.05, 3.63) is 58.8 Å². The summed E-state index contributed by atoms with van der Waals surface area (Å²) < 4.78 is 5.42. The summed E-state index contributed by atoms with van der Waals surface area (Å²) >= 11 is 1.58. The number of likely N-dealkylation sites (tertiary alicyclic amines) is 1. The molecule has 1 unspecified atom stereocenters. The zero-order chi connectivity index (χ0) is 17.2. The van der Waals surface area contributed by atoms with Crippen LogP contribution in [-0.4, -0.2) is 27.5 Å². The average Bonchev–Trinajstić information content (AvgIpc) is 3.36. The van der Waals surface area contributed by atoms with Crippen LogP contribution in [-0.2, 0) is 17.8 Å². The highest BCUT2D eigenvalue weighted by Crippen LogP contribution is 2.30. The van der Waals surface area contributed by atoms with Gasteiger partial charge in [-0.25, -0.2) is 0 Å². The molecule has 1 fully saturated rings. The maximum absolute atomic E-state index is 12.4. The Labute approximate surface area is 150 Å². The first-order chi connectivity index (χ1) is 12.2. The number of carbonyl (C=O) groups excluding carboxylic acids is 1. The van der Waals surface area contributed by atoms with Gasteiger partial charge in [-0.05, 0) is 29.0 Å². The SMILES string of the molecule is CCc1ccc(CN2CC(c3nc(-c4cccs4)no3)CC2=O)cc1. The number of nitrogens with zero attached hydrogens (tertiary/aromatic N) is 3. The van der Waals surface area contributed by atoms with Crippen LogP contribution < -0.4 is 0 Å². The van der Waals surface area contributed by atoms with Crippen molar-refractivity contribution in [1.82, 2.24) is 15.0 Å². The summed E-state index contributed by atoms with van der Waals surface area (Å²) in [4.78, 5) is 19.7. The van der Waals surface area contributed by atoms with E-state index in [-0.39, 0.29) is 11.8 Å². The summed E-state index contributed by atoms with van der Waals surface area (Å²) in [5.41, 5.74) is 2.46. The van der Waals surface area contributed by atoms with E-state index in [4.69, 9.17) is 4.52 Å². The van der Waals surface area contributed by atoms with Crippen LogP contribution in [0.2, 0.25) is 0 Å². The summed E-state index contributed by atoms with van der Waals surface area (Å²) in [6.45, 7) is 3.39. The Morgan fingerprint density at radius 1 is 1.24 bits per heavy atom. The molecular formula is C19H19N3O2S. The smallest absolute Gasteiger partial charge is 0.232 e. The molecule has 0 aliphatic carbocycles. The molecular weight excluding hydrogens is 334 g/mol. The summed E-state index contributed by atoms with van der Waals surface area (Å²) in [6, 6.07) is 12.4. The van der Waals surface area contributed by atoms with Crippen LogP contribution in [0.15, 0.2) is 46.3 Å². The molecule has 0 bridgehead atoms. The normalized spacial score (nSPS) is 17.4. The first kappa shape index (κ1) is 16.0. The van der Waals surface area contributed by atoms with Gasteiger partial charge in [0.25, 0.3) is 0 Å². The molecule has 5 nitrogen and oxygen atoms in total. The van der Waals surface area contributed by atoms with Gasteiger partial charge >= 0.3 is 0 Å². The molecule has 1 saturated heterocycles. The Balaban J connectivity index is 1.44. The highest BCUT2D eigenvalue weighted by atomic mass is 32.1. The van der Waals surface area contributed by atoms with Crippen molar-refractivity contribution in [1.29, 1.82) is 0 Å². The Morgan fingerprint density at radius 3 is 2.76 bits per heavy atom. The van der Waals surface area contributed by atoms with Crippen molar-refractivity contribution in [2.24, 2.45) is 0 Å². The molecule has 4 rings (SSSR count). The van der Waals surface area contributed by atoms with E-state index in [0.717, 1.165) is 16.9 Å². The monoisotopic (exact) mass is 353 g/mol. The number of hydrogen-bond donors (Lipinski definition) is 0. The number of aryl methyl sites for hydroxylation is 1. The third-order valence-electron chi connectivity index (χ3n) is 4.55. The number of rotatable bonds is 5. The van der Waals surface area contributed by atoms with Crippen molar-refractivity contribution < 1.29 is 9.32 Å². The lowest BCUT2D eigenvalue weighted by Crippen LogP contribution is -2.24. The third kappa shape index (κ3) is 3.35. The van der Waals surface area contributed by atoms with Crippen molar-refractivity contribution in [3.63, 3.8) is 0 Å². The standard InChI is InChI=1S/C19H19N3O2S/c1-2-13-5-7-14(8-6-13)11-22-12-15(10-17(22)23)19-20-18(21-24-19)16-4-3-9-25-16/h3-9,15H,2,10-12H2,1H3. The van der Waals surface area contributed by atoms with E-state index in [1.54, 1.807) is 11.3 Å². The van der Waals surface area contributed by atoms with E-state index in [2.05, 4.69) is 41.3 Å². The highest BCUT2D eigenvalue weighted by molar-refractivity contribution is 7.13. The highest BCUT2D eigenvalue weighted by Gasteiger charge is 2.34. The summed E-state index contributed by atoms with van der Waals surface area (Å²) in [5.74, 6) is 1.27. The molecule has 0 spiro atoms. The van der Waals surface area contributed by atoms with Gasteiger partial charge in [0.15, 0.2) is 0 Å². The number of aromatic nitrogens is 2. The van der Waals surface area contributed by atoms with E-state index in [9.17, 15) is 4.79 Å². The van der Waals surface area contributed by atoms with Gasteiger partial charge in [-0.1, -0.05) is 42.4 Å². The number of thiophene rings is 1. The number of hydrogen-bond acceptors (Lipinski definition) is 5. The number of benzene rings is 1. The van der Waals surface area contributed by atoms with Gasteiger partial charge in [0.05, 0.1) is 10.8 Å². The minimum atomic E-state index is -0.0244. The molecule has 3 aromatic rings. The quantitative estimate of drug-likeness (QED) is 0.698. The molecule has 1 atom stereocenters. The molecule has 2 aromatic heterocycles. The Hall–Kier alpha value is -2.47. The lowest BCUT2D eigenvalue weighted by molar-refractivity contribution is -0.128. The van der Waals surface area contributed by atoms with Crippen molar-refractivity contribution in [2.75, 3.05) is 6.54 Å². The first-order valence-electron chi connectivity index (χ1n) is 8.46. The Morgan fingerprint density at radius 2 is 2.04 bits per heavy atom. The average molecular weight is 353 g/mol. The van der Waals surface area contributed by atoms with Crippen LogP contribution in [0.25, 0.3) is 10.7 Å². The van der Waals surface area contributed by atoms with Crippen LogP contribution in [0.3, 0.4) is 0 Å². The van der Waals surface area contributed by atoms with Gasteiger partial charge in [0, 0.05) is 19.5 Å². The van der Waals surface area contributed by atoms with Crippen molar-refractivity contribution >= 4 is 17.2 Å². The number of amides is 1. The van der Waals surface area contributed by atoms with E-state index < -0.39 is 0 Å².